The fourth-order valence-electron chi connectivity index (χ4n) is 2.26. The predicted octanol–water partition coefficient (Wildman–Crippen LogP) is 2.69. The third kappa shape index (κ3) is 2.27. The number of rotatable bonds is 2. The monoisotopic (exact) mass is 295 g/mol. The number of benzene rings is 1. The average Bonchev–Trinajstić information content (AvgIpc) is 2.99. The van der Waals surface area contributed by atoms with E-state index in [2.05, 4.69) is 10.1 Å². The highest BCUT2D eigenvalue weighted by molar-refractivity contribution is 6.31. The lowest BCUT2D eigenvalue weighted by atomic mass is 10.1. The summed E-state index contributed by atoms with van der Waals surface area (Å²) in [4.78, 5) is 17.8. The van der Waals surface area contributed by atoms with Crippen LogP contribution in [0.3, 0.4) is 0 Å². The zero-order valence-corrected chi connectivity index (χ0v) is 11.4. The standard InChI is InChI=1S/C13H11ClFN3O2/c1-7-16-13(17-20-7)8-4-12(19)18(6-8)9-2-3-11(15)10(14)5-9/h2-3,5,8H,4,6H2,1H3. The van der Waals surface area contributed by atoms with E-state index in [-0.39, 0.29) is 16.8 Å². The maximum absolute atomic E-state index is 13.2. The first-order valence-electron chi connectivity index (χ1n) is 6.10. The fraction of sp³-hybridized carbons (Fsp3) is 0.308. The van der Waals surface area contributed by atoms with Gasteiger partial charge in [0.25, 0.3) is 0 Å². The van der Waals surface area contributed by atoms with Gasteiger partial charge < -0.3 is 9.42 Å². The van der Waals surface area contributed by atoms with E-state index in [4.69, 9.17) is 16.1 Å². The van der Waals surface area contributed by atoms with Crippen LogP contribution in [0, 0.1) is 12.7 Å². The van der Waals surface area contributed by atoms with E-state index in [1.165, 1.54) is 18.2 Å². The second kappa shape index (κ2) is 4.86. The normalized spacial score (nSPS) is 18.9. The summed E-state index contributed by atoms with van der Waals surface area (Å²) in [6.45, 7) is 2.13. The Labute approximate surface area is 119 Å². The number of anilines is 1. The van der Waals surface area contributed by atoms with Gasteiger partial charge in [-0.2, -0.15) is 4.98 Å². The van der Waals surface area contributed by atoms with Crippen molar-refractivity contribution >= 4 is 23.2 Å². The van der Waals surface area contributed by atoms with Crippen molar-refractivity contribution in [3.8, 4) is 0 Å². The summed E-state index contributed by atoms with van der Waals surface area (Å²) in [5, 5.41) is 3.84. The largest absolute Gasteiger partial charge is 0.340 e. The molecule has 0 radical (unpaired) electrons. The second-order valence-electron chi connectivity index (χ2n) is 4.68. The third-order valence-corrected chi connectivity index (χ3v) is 3.54. The predicted molar refractivity (Wildman–Crippen MR) is 70.2 cm³/mol. The first-order valence-corrected chi connectivity index (χ1v) is 6.48. The van der Waals surface area contributed by atoms with Crippen molar-refractivity contribution in [2.75, 3.05) is 11.4 Å². The molecule has 0 aliphatic carbocycles. The van der Waals surface area contributed by atoms with Crippen LogP contribution in [0.1, 0.15) is 24.1 Å². The van der Waals surface area contributed by atoms with Gasteiger partial charge in [0.2, 0.25) is 11.8 Å². The zero-order chi connectivity index (χ0) is 14.3. The maximum atomic E-state index is 13.2. The van der Waals surface area contributed by atoms with Crippen LogP contribution >= 0.6 is 11.6 Å². The van der Waals surface area contributed by atoms with Gasteiger partial charge in [-0.3, -0.25) is 4.79 Å². The van der Waals surface area contributed by atoms with Gasteiger partial charge >= 0.3 is 0 Å². The molecule has 1 atom stereocenters. The highest BCUT2D eigenvalue weighted by atomic mass is 35.5. The minimum atomic E-state index is -0.507. The molecule has 0 N–H and O–H groups in total. The van der Waals surface area contributed by atoms with Gasteiger partial charge in [0, 0.05) is 31.5 Å². The fourth-order valence-corrected chi connectivity index (χ4v) is 2.44. The molecule has 1 aromatic heterocycles. The van der Waals surface area contributed by atoms with E-state index in [0.717, 1.165) is 0 Å². The van der Waals surface area contributed by atoms with Crippen LogP contribution in [0.5, 0.6) is 0 Å². The topological polar surface area (TPSA) is 59.2 Å². The number of carbonyl (C=O) groups is 1. The van der Waals surface area contributed by atoms with E-state index in [0.29, 0.717) is 30.4 Å². The Balaban J connectivity index is 1.85. The first kappa shape index (κ1) is 13.1. The Morgan fingerprint density at radius 1 is 1.50 bits per heavy atom. The Morgan fingerprint density at radius 2 is 2.30 bits per heavy atom. The molecule has 1 aliphatic heterocycles. The molecule has 1 amide bonds. The van der Waals surface area contributed by atoms with E-state index in [1.807, 2.05) is 0 Å². The second-order valence-corrected chi connectivity index (χ2v) is 5.08. The molecular weight excluding hydrogens is 285 g/mol. The molecule has 2 aromatic rings. The summed E-state index contributed by atoms with van der Waals surface area (Å²) in [7, 11) is 0. The number of nitrogens with zero attached hydrogens (tertiary/aromatic N) is 3. The van der Waals surface area contributed by atoms with Crippen molar-refractivity contribution < 1.29 is 13.7 Å². The Kier molecular flexibility index (Phi) is 3.17. The van der Waals surface area contributed by atoms with Crippen LogP contribution in [0.25, 0.3) is 0 Å². The summed E-state index contributed by atoms with van der Waals surface area (Å²) in [6.07, 6.45) is 0.300. The highest BCUT2D eigenvalue weighted by Crippen LogP contribution is 2.32. The molecule has 2 heterocycles. The molecule has 7 heteroatoms. The summed E-state index contributed by atoms with van der Waals surface area (Å²) >= 11 is 5.74. The summed E-state index contributed by atoms with van der Waals surface area (Å²) in [6, 6.07) is 4.22. The van der Waals surface area contributed by atoms with Gasteiger partial charge in [0.15, 0.2) is 5.82 Å². The van der Waals surface area contributed by atoms with E-state index in [9.17, 15) is 9.18 Å². The molecule has 1 fully saturated rings. The Hall–Kier alpha value is -1.95. The van der Waals surface area contributed by atoms with Gasteiger partial charge in [0.1, 0.15) is 5.82 Å². The number of carbonyl (C=O) groups excluding carboxylic acids is 1. The van der Waals surface area contributed by atoms with Crippen molar-refractivity contribution in [2.45, 2.75) is 19.3 Å². The van der Waals surface area contributed by atoms with E-state index in [1.54, 1.807) is 11.8 Å². The van der Waals surface area contributed by atoms with Crippen LogP contribution in [0.2, 0.25) is 5.02 Å². The molecule has 5 nitrogen and oxygen atoms in total. The molecule has 1 aromatic carbocycles. The van der Waals surface area contributed by atoms with Crippen molar-refractivity contribution in [1.82, 2.24) is 10.1 Å². The summed E-state index contributed by atoms with van der Waals surface area (Å²) in [5.41, 5.74) is 0.573. The third-order valence-electron chi connectivity index (χ3n) is 3.25. The van der Waals surface area contributed by atoms with Gasteiger partial charge in [0.05, 0.1) is 5.02 Å². The van der Waals surface area contributed by atoms with Gasteiger partial charge in [-0.1, -0.05) is 16.8 Å². The minimum Gasteiger partial charge on any atom is -0.340 e. The van der Waals surface area contributed by atoms with E-state index < -0.39 is 5.82 Å². The number of hydrogen-bond acceptors (Lipinski definition) is 4. The minimum absolute atomic E-state index is 0.00541. The number of amides is 1. The molecular formula is C13H11ClFN3O2. The lowest BCUT2D eigenvalue weighted by Crippen LogP contribution is -2.24. The van der Waals surface area contributed by atoms with Crippen molar-refractivity contribution in [3.63, 3.8) is 0 Å². The molecule has 20 heavy (non-hydrogen) atoms. The van der Waals surface area contributed by atoms with Crippen LogP contribution < -0.4 is 4.90 Å². The SMILES string of the molecule is Cc1nc(C2CC(=O)N(c3ccc(F)c(Cl)c3)C2)no1. The number of hydrogen-bond donors (Lipinski definition) is 0. The average molecular weight is 296 g/mol. The van der Waals surface area contributed by atoms with Gasteiger partial charge in [-0.05, 0) is 18.2 Å². The van der Waals surface area contributed by atoms with Crippen LogP contribution in [-0.2, 0) is 4.79 Å². The molecule has 1 unspecified atom stereocenters. The van der Waals surface area contributed by atoms with Crippen LogP contribution in [0.15, 0.2) is 22.7 Å². The quantitative estimate of drug-likeness (QED) is 0.854. The van der Waals surface area contributed by atoms with Gasteiger partial charge in [-0.15, -0.1) is 0 Å². The Bertz CT molecular complexity index is 673. The first-order chi connectivity index (χ1) is 9.54. The molecule has 3 rings (SSSR count). The van der Waals surface area contributed by atoms with Gasteiger partial charge in [-0.25, -0.2) is 4.39 Å². The number of aryl methyl sites for hydroxylation is 1. The van der Waals surface area contributed by atoms with Crippen LogP contribution in [0.4, 0.5) is 10.1 Å². The Morgan fingerprint density at radius 3 is 2.95 bits per heavy atom. The van der Waals surface area contributed by atoms with Crippen molar-refractivity contribution in [3.05, 3.63) is 40.8 Å². The molecule has 0 bridgehead atoms. The summed E-state index contributed by atoms with van der Waals surface area (Å²) < 4.78 is 18.1. The molecule has 104 valence electrons. The maximum Gasteiger partial charge on any atom is 0.227 e. The lowest BCUT2D eigenvalue weighted by Gasteiger charge is -2.16. The zero-order valence-electron chi connectivity index (χ0n) is 10.6. The summed E-state index contributed by atoms with van der Waals surface area (Å²) in [5.74, 6) is 0.290. The number of halogens is 2. The smallest absolute Gasteiger partial charge is 0.227 e. The van der Waals surface area contributed by atoms with Crippen molar-refractivity contribution in [1.29, 1.82) is 0 Å². The molecule has 1 aliphatic rings. The van der Waals surface area contributed by atoms with E-state index >= 15 is 0 Å². The lowest BCUT2D eigenvalue weighted by molar-refractivity contribution is -0.117. The highest BCUT2D eigenvalue weighted by Gasteiger charge is 2.34. The van der Waals surface area contributed by atoms with Crippen molar-refractivity contribution in [2.24, 2.45) is 0 Å². The van der Waals surface area contributed by atoms with Crippen LogP contribution in [-0.4, -0.2) is 22.6 Å². The molecule has 0 saturated carbocycles. The molecule has 1 saturated heterocycles. The number of aromatic nitrogens is 2. The molecule has 0 spiro atoms.